The highest BCUT2D eigenvalue weighted by Gasteiger charge is 2.16. The highest BCUT2D eigenvalue weighted by atomic mass is 15.1. The Balaban J connectivity index is 0.00000232. The van der Waals surface area contributed by atoms with Gasteiger partial charge in [0.1, 0.15) is 5.84 Å². The van der Waals surface area contributed by atoms with Gasteiger partial charge in [0.15, 0.2) is 0 Å². The number of hydrogen-bond acceptors (Lipinski definition) is 4. The molecule has 0 fully saturated rings. The van der Waals surface area contributed by atoms with E-state index in [1.807, 2.05) is 58.0 Å². The molecule has 0 aliphatic rings. The summed E-state index contributed by atoms with van der Waals surface area (Å²) < 4.78 is 0. The molecule has 0 bridgehead atoms. The van der Waals surface area contributed by atoms with Crippen molar-refractivity contribution < 1.29 is 0 Å². The number of allylic oxidation sites excluding steroid dienone is 2. The number of aryl methyl sites for hydroxylation is 1. The van der Waals surface area contributed by atoms with E-state index in [2.05, 4.69) is 105 Å². The van der Waals surface area contributed by atoms with E-state index in [0.29, 0.717) is 12.1 Å². The van der Waals surface area contributed by atoms with Crippen molar-refractivity contribution in [2.24, 2.45) is 5.73 Å². The molecule has 0 spiro atoms. The van der Waals surface area contributed by atoms with E-state index < -0.39 is 0 Å². The summed E-state index contributed by atoms with van der Waals surface area (Å²) in [5.41, 5.74) is 14.2. The number of nitrogen functional groups attached to an aromatic ring is 1. The third kappa shape index (κ3) is 12.9. The first-order valence-electron chi connectivity index (χ1n) is 16.0. The Morgan fingerprint density at radius 1 is 0.841 bits per heavy atom. The zero-order valence-corrected chi connectivity index (χ0v) is 28.3. The standard InChI is InChI=1S/C35H45N5.2C2H6/c1-7-34(29(6)38-27(4)23-31-15-11-12-25(2)22-31)39-26(3)16-17-28(5)40(24-30-13-9-8-10-14-30)33-20-18-32(19-21-33)35(36)37;2*1-2/h8-15,18-22,27,34,38-39H,3,5-7,16-17,23-24H2,1-2,4H3,(H3,36,37);2*1-2H3/t27-,34?;;/m1../s1. The zero-order valence-electron chi connectivity index (χ0n) is 28.3. The molecular formula is C39H57N5. The Hall–Kier alpha value is -4.25. The summed E-state index contributed by atoms with van der Waals surface area (Å²) in [5.74, 6) is 0.0634. The quantitative estimate of drug-likeness (QED) is 0.0983. The van der Waals surface area contributed by atoms with Crippen LogP contribution in [0, 0.1) is 12.3 Å². The van der Waals surface area contributed by atoms with Crippen LogP contribution in [0.25, 0.3) is 0 Å². The molecule has 1 unspecified atom stereocenters. The lowest BCUT2D eigenvalue weighted by molar-refractivity contribution is 0.517. The van der Waals surface area contributed by atoms with E-state index in [4.69, 9.17) is 11.1 Å². The fraction of sp³-hybridized carbons (Fsp3) is 0.359. The maximum atomic E-state index is 7.71. The molecule has 2 atom stereocenters. The first-order valence-corrected chi connectivity index (χ1v) is 16.0. The second-order valence-electron chi connectivity index (χ2n) is 10.6. The summed E-state index contributed by atoms with van der Waals surface area (Å²) in [6.07, 6.45) is 3.37. The van der Waals surface area contributed by atoms with Crippen LogP contribution in [0.3, 0.4) is 0 Å². The molecule has 0 saturated carbocycles. The van der Waals surface area contributed by atoms with Gasteiger partial charge < -0.3 is 21.3 Å². The lowest BCUT2D eigenvalue weighted by Crippen LogP contribution is -2.39. The number of nitrogens with two attached hydrogens (primary N) is 1. The van der Waals surface area contributed by atoms with Gasteiger partial charge in [-0.05, 0) is 74.9 Å². The van der Waals surface area contributed by atoms with Crippen molar-refractivity contribution in [2.75, 3.05) is 4.90 Å². The van der Waals surface area contributed by atoms with Crippen molar-refractivity contribution in [1.82, 2.24) is 10.6 Å². The van der Waals surface area contributed by atoms with E-state index in [9.17, 15) is 0 Å². The van der Waals surface area contributed by atoms with Gasteiger partial charge in [0.2, 0.25) is 0 Å². The van der Waals surface area contributed by atoms with Gasteiger partial charge in [-0.1, -0.05) is 115 Å². The SMILES string of the molecule is C=C(CCC(=C)N(Cc1ccccc1)c1ccc(C(=N)N)cc1)NC(CC)C(=C)N[C@H](C)Cc1cccc(C)c1.CC.CC. The van der Waals surface area contributed by atoms with Crippen LogP contribution in [0.15, 0.2) is 116 Å². The monoisotopic (exact) mass is 595 g/mol. The second-order valence-corrected chi connectivity index (χ2v) is 10.6. The van der Waals surface area contributed by atoms with Gasteiger partial charge in [-0.2, -0.15) is 0 Å². The molecule has 0 heterocycles. The highest BCUT2D eigenvalue weighted by Crippen LogP contribution is 2.25. The predicted molar refractivity (Wildman–Crippen MR) is 194 cm³/mol. The fourth-order valence-electron chi connectivity index (χ4n) is 4.82. The minimum atomic E-state index is 0.0634. The number of rotatable bonds is 16. The van der Waals surface area contributed by atoms with Crippen LogP contribution in [0.4, 0.5) is 5.69 Å². The van der Waals surface area contributed by atoms with E-state index in [-0.39, 0.29) is 17.9 Å². The molecule has 5 N–H and O–H groups in total. The van der Waals surface area contributed by atoms with Crippen LogP contribution >= 0.6 is 0 Å². The highest BCUT2D eigenvalue weighted by molar-refractivity contribution is 5.95. The van der Waals surface area contributed by atoms with E-state index in [1.165, 1.54) is 16.7 Å². The van der Waals surface area contributed by atoms with Crippen LogP contribution in [0.2, 0.25) is 0 Å². The Morgan fingerprint density at radius 2 is 1.45 bits per heavy atom. The maximum absolute atomic E-state index is 7.71. The number of hydrogen-bond donors (Lipinski definition) is 4. The summed E-state index contributed by atoms with van der Waals surface area (Å²) in [6, 6.07) is 27.2. The normalized spacial score (nSPS) is 11.3. The van der Waals surface area contributed by atoms with Gasteiger partial charge in [-0.3, -0.25) is 5.41 Å². The Labute approximate surface area is 268 Å². The van der Waals surface area contributed by atoms with Gasteiger partial charge in [-0.15, -0.1) is 0 Å². The van der Waals surface area contributed by atoms with E-state index in [1.54, 1.807) is 0 Å². The molecule has 0 aliphatic carbocycles. The van der Waals surface area contributed by atoms with Crippen molar-refractivity contribution in [3.8, 4) is 0 Å². The molecule has 0 saturated heterocycles. The number of benzene rings is 3. The minimum Gasteiger partial charge on any atom is -0.384 e. The number of nitrogens with one attached hydrogen (secondary N) is 3. The molecule has 3 rings (SSSR count). The Kier molecular flexibility index (Phi) is 17.7. The molecule has 0 amide bonds. The van der Waals surface area contributed by atoms with Crippen molar-refractivity contribution in [3.05, 3.63) is 138 Å². The molecule has 238 valence electrons. The molecular weight excluding hydrogens is 538 g/mol. The minimum absolute atomic E-state index is 0.0634. The summed E-state index contributed by atoms with van der Waals surface area (Å²) in [6.45, 7) is 28.3. The average Bonchev–Trinajstić information content (AvgIpc) is 3.03. The average molecular weight is 596 g/mol. The summed E-state index contributed by atoms with van der Waals surface area (Å²) in [5, 5.41) is 14.9. The first-order chi connectivity index (χ1) is 21.2. The molecule has 5 heteroatoms. The van der Waals surface area contributed by atoms with Gasteiger partial charge in [0.25, 0.3) is 0 Å². The zero-order chi connectivity index (χ0) is 33.1. The molecule has 0 radical (unpaired) electrons. The third-order valence-corrected chi connectivity index (χ3v) is 7.03. The van der Waals surface area contributed by atoms with Crippen molar-refractivity contribution in [1.29, 1.82) is 5.41 Å². The molecule has 3 aromatic rings. The number of amidine groups is 1. The first kappa shape index (κ1) is 37.8. The second kappa shape index (κ2) is 20.6. The van der Waals surface area contributed by atoms with Crippen LogP contribution in [-0.4, -0.2) is 17.9 Å². The van der Waals surface area contributed by atoms with Crippen LogP contribution < -0.4 is 21.3 Å². The lowest BCUT2D eigenvalue weighted by atomic mass is 10.0. The van der Waals surface area contributed by atoms with Crippen LogP contribution in [-0.2, 0) is 13.0 Å². The molecule has 44 heavy (non-hydrogen) atoms. The summed E-state index contributed by atoms with van der Waals surface area (Å²) in [4.78, 5) is 2.22. The molecule has 0 aromatic heterocycles. The topological polar surface area (TPSA) is 77.2 Å². The Bertz CT molecular complexity index is 1290. The van der Waals surface area contributed by atoms with Crippen LogP contribution in [0.1, 0.15) is 83.1 Å². The maximum Gasteiger partial charge on any atom is 0.122 e. The van der Waals surface area contributed by atoms with Gasteiger partial charge in [-0.25, -0.2) is 0 Å². The summed E-state index contributed by atoms with van der Waals surface area (Å²) in [7, 11) is 0. The van der Waals surface area contributed by atoms with E-state index >= 15 is 0 Å². The third-order valence-electron chi connectivity index (χ3n) is 7.03. The molecule has 3 aromatic carbocycles. The number of anilines is 1. The van der Waals surface area contributed by atoms with Gasteiger partial charge in [0.05, 0.1) is 6.04 Å². The van der Waals surface area contributed by atoms with Crippen molar-refractivity contribution >= 4 is 11.5 Å². The fourth-order valence-corrected chi connectivity index (χ4v) is 4.82. The van der Waals surface area contributed by atoms with Crippen molar-refractivity contribution in [2.45, 2.75) is 92.8 Å². The Morgan fingerprint density at radius 3 is 2.02 bits per heavy atom. The smallest absolute Gasteiger partial charge is 0.122 e. The number of nitrogens with zero attached hydrogens (tertiary/aromatic N) is 1. The van der Waals surface area contributed by atoms with E-state index in [0.717, 1.165) is 48.5 Å². The lowest BCUT2D eigenvalue weighted by Gasteiger charge is -2.29. The van der Waals surface area contributed by atoms with Gasteiger partial charge >= 0.3 is 0 Å². The molecule has 5 nitrogen and oxygen atoms in total. The van der Waals surface area contributed by atoms with Crippen molar-refractivity contribution in [3.63, 3.8) is 0 Å². The van der Waals surface area contributed by atoms with Crippen LogP contribution in [0.5, 0.6) is 0 Å². The molecule has 0 aliphatic heterocycles. The largest absolute Gasteiger partial charge is 0.384 e. The van der Waals surface area contributed by atoms with Gasteiger partial charge in [0, 0.05) is 40.9 Å². The summed E-state index contributed by atoms with van der Waals surface area (Å²) >= 11 is 0. The predicted octanol–water partition coefficient (Wildman–Crippen LogP) is 9.25.